The van der Waals surface area contributed by atoms with Crippen LogP contribution in [0.1, 0.15) is 59.8 Å². The van der Waals surface area contributed by atoms with Gasteiger partial charge in [0.25, 0.3) is 0 Å². The molecule has 1 aliphatic carbocycles. The van der Waals surface area contributed by atoms with Crippen molar-refractivity contribution in [3.63, 3.8) is 0 Å². The Morgan fingerprint density at radius 3 is 2.17 bits per heavy atom. The third-order valence-corrected chi connectivity index (χ3v) is 4.37. The molecule has 1 aliphatic rings. The zero-order chi connectivity index (χ0) is 18.5. The van der Waals surface area contributed by atoms with Gasteiger partial charge in [-0.2, -0.15) is 0 Å². The van der Waals surface area contributed by atoms with Crippen LogP contribution in [-0.4, -0.2) is 47.5 Å². The Hall–Kier alpha value is -1.79. The zero-order valence-electron chi connectivity index (χ0n) is 15.4. The van der Waals surface area contributed by atoms with Gasteiger partial charge in [-0.1, -0.05) is 19.3 Å². The van der Waals surface area contributed by atoms with E-state index in [1.54, 1.807) is 27.7 Å². The lowest BCUT2D eigenvalue weighted by Gasteiger charge is -2.32. The summed E-state index contributed by atoms with van der Waals surface area (Å²) in [7, 11) is 1.50. The fourth-order valence-electron chi connectivity index (χ4n) is 2.83. The molecule has 0 aliphatic heterocycles. The number of ether oxygens (including phenoxy) is 1. The maximum absolute atomic E-state index is 12.4. The molecule has 138 valence electrons. The number of nitrogens with one attached hydrogen (secondary N) is 1. The lowest BCUT2D eigenvalue weighted by Crippen LogP contribution is -2.55. The Kier molecular flexibility index (Phi) is 7.05. The van der Waals surface area contributed by atoms with Gasteiger partial charge in [0, 0.05) is 7.05 Å². The molecular formula is C17H31N3O4. The van der Waals surface area contributed by atoms with Crippen molar-refractivity contribution in [2.24, 2.45) is 11.7 Å². The SMILES string of the molecule is C[C@@H](C(=O)N[C@H](C(N)=O)C1CCCCC1)N(C)C(=O)OC(C)(C)C. The fourth-order valence-corrected chi connectivity index (χ4v) is 2.83. The van der Waals surface area contributed by atoms with E-state index >= 15 is 0 Å². The monoisotopic (exact) mass is 341 g/mol. The molecular weight excluding hydrogens is 310 g/mol. The summed E-state index contributed by atoms with van der Waals surface area (Å²) in [5.41, 5.74) is 4.84. The van der Waals surface area contributed by atoms with Gasteiger partial charge in [-0.3, -0.25) is 14.5 Å². The Balaban J connectivity index is 2.68. The van der Waals surface area contributed by atoms with Crippen LogP contribution in [0.2, 0.25) is 0 Å². The number of nitrogens with two attached hydrogens (primary N) is 1. The van der Waals surface area contributed by atoms with Crippen molar-refractivity contribution in [3.8, 4) is 0 Å². The van der Waals surface area contributed by atoms with Crippen LogP contribution in [0.5, 0.6) is 0 Å². The summed E-state index contributed by atoms with van der Waals surface area (Å²) in [4.78, 5) is 37.5. The topological polar surface area (TPSA) is 102 Å². The van der Waals surface area contributed by atoms with Crippen LogP contribution in [0, 0.1) is 5.92 Å². The molecule has 0 aromatic rings. The van der Waals surface area contributed by atoms with Gasteiger partial charge >= 0.3 is 6.09 Å². The normalized spacial score (nSPS) is 18.4. The van der Waals surface area contributed by atoms with Gasteiger partial charge in [-0.25, -0.2) is 4.79 Å². The van der Waals surface area contributed by atoms with E-state index in [0.29, 0.717) is 0 Å². The number of carbonyl (C=O) groups excluding carboxylic acids is 3. The molecule has 7 heteroatoms. The van der Waals surface area contributed by atoms with Gasteiger partial charge < -0.3 is 15.8 Å². The molecule has 3 N–H and O–H groups in total. The Labute approximate surface area is 144 Å². The second-order valence-electron chi connectivity index (χ2n) is 7.55. The number of hydrogen-bond acceptors (Lipinski definition) is 4. The summed E-state index contributed by atoms with van der Waals surface area (Å²) in [5.74, 6) is -0.862. The minimum absolute atomic E-state index is 0.0687. The number of carbonyl (C=O) groups is 3. The summed E-state index contributed by atoms with van der Waals surface area (Å²) >= 11 is 0. The lowest BCUT2D eigenvalue weighted by atomic mass is 9.83. The first kappa shape index (κ1) is 20.3. The highest BCUT2D eigenvalue weighted by Crippen LogP contribution is 2.26. The Morgan fingerprint density at radius 2 is 1.71 bits per heavy atom. The minimum Gasteiger partial charge on any atom is -0.444 e. The molecule has 0 aromatic heterocycles. The predicted molar refractivity (Wildman–Crippen MR) is 91.2 cm³/mol. The first-order valence-electron chi connectivity index (χ1n) is 8.58. The van der Waals surface area contributed by atoms with Crippen molar-refractivity contribution in [2.45, 2.75) is 77.5 Å². The standard InChI is InChI=1S/C17H31N3O4/c1-11(20(5)16(23)24-17(2,3)4)15(22)19-13(14(18)21)12-9-7-6-8-10-12/h11-13H,6-10H2,1-5H3,(H2,18,21)(H,19,22)/t11-,13-/m0/s1. The highest BCUT2D eigenvalue weighted by atomic mass is 16.6. The number of nitrogens with zero attached hydrogens (tertiary/aromatic N) is 1. The Bertz CT molecular complexity index is 467. The molecule has 0 radical (unpaired) electrons. The number of amides is 3. The Morgan fingerprint density at radius 1 is 1.17 bits per heavy atom. The van der Waals surface area contributed by atoms with Crippen molar-refractivity contribution in [1.82, 2.24) is 10.2 Å². The number of likely N-dealkylation sites (N-methyl/N-ethyl adjacent to an activating group) is 1. The van der Waals surface area contributed by atoms with Crippen LogP contribution in [0.4, 0.5) is 4.79 Å². The molecule has 7 nitrogen and oxygen atoms in total. The van der Waals surface area contributed by atoms with Gasteiger partial charge in [0.05, 0.1) is 0 Å². The highest BCUT2D eigenvalue weighted by Gasteiger charge is 2.33. The van der Waals surface area contributed by atoms with Crippen LogP contribution in [0.15, 0.2) is 0 Å². The van der Waals surface area contributed by atoms with E-state index in [9.17, 15) is 14.4 Å². The van der Waals surface area contributed by atoms with Crippen LogP contribution in [-0.2, 0) is 14.3 Å². The number of hydrogen-bond donors (Lipinski definition) is 2. The molecule has 0 saturated heterocycles. The molecule has 2 atom stereocenters. The van der Waals surface area contributed by atoms with Gasteiger partial charge in [0.2, 0.25) is 11.8 Å². The first-order chi connectivity index (χ1) is 11.0. The molecule has 0 spiro atoms. The molecule has 1 saturated carbocycles. The smallest absolute Gasteiger partial charge is 0.410 e. The first-order valence-corrected chi connectivity index (χ1v) is 8.58. The average molecular weight is 341 g/mol. The van der Waals surface area contributed by atoms with Crippen molar-refractivity contribution in [3.05, 3.63) is 0 Å². The molecule has 0 heterocycles. The largest absolute Gasteiger partial charge is 0.444 e. The van der Waals surface area contributed by atoms with Crippen molar-refractivity contribution >= 4 is 17.9 Å². The summed E-state index contributed by atoms with van der Waals surface area (Å²) in [6.45, 7) is 6.87. The van der Waals surface area contributed by atoms with E-state index in [1.165, 1.54) is 11.9 Å². The second kappa shape index (κ2) is 8.35. The quantitative estimate of drug-likeness (QED) is 0.796. The highest BCUT2D eigenvalue weighted by molar-refractivity contribution is 5.90. The molecule has 0 bridgehead atoms. The van der Waals surface area contributed by atoms with E-state index in [1.807, 2.05) is 0 Å². The third-order valence-electron chi connectivity index (χ3n) is 4.37. The number of primary amides is 1. The minimum atomic E-state index is -0.759. The van der Waals surface area contributed by atoms with Gasteiger partial charge in [-0.05, 0) is 46.5 Å². The maximum Gasteiger partial charge on any atom is 0.410 e. The van der Waals surface area contributed by atoms with Crippen LogP contribution in [0.25, 0.3) is 0 Å². The number of rotatable bonds is 5. The van der Waals surface area contributed by atoms with Gasteiger partial charge in [0.15, 0.2) is 0 Å². The summed E-state index contributed by atoms with van der Waals surface area (Å²) in [6.07, 6.45) is 4.40. The molecule has 1 fully saturated rings. The van der Waals surface area contributed by atoms with E-state index in [0.717, 1.165) is 32.1 Å². The predicted octanol–water partition coefficient (Wildman–Crippen LogP) is 1.79. The molecule has 0 aromatic carbocycles. The zero-order valence-corrected chi connectivity index (χ0v) is 15.4. The average Bonchev–Trinajstić information content (AvgIpc) is 2.49. The van der Waals surface area contributed by atoms with E-state index in [2.05, 4.69) is 5.32 Å². The van der Waals surface area contributed by atoms with Crippen LogP contribution >= 0.6 is 0 Å². The van der Waals surface area contributed by atoms with Gasteiger partial charge in [0.1, 0.15) is 17.7 Å². The van der Waals surface area contributed by atoms with Gasteiger partial charge in [-0.15, -0.1) is 0 Å². The lowest BCUT2D eigenvalue weighted by molar-refractivity contribution is -0.131. The third kappa shape index (κ3) is 6.02. The maximum atomic E-state index is 12.4. The summed E-state index contributed by atoms with van der Waals surface area (Å²) in [6, 6.07) is -1.45. The fraction of sp³-hybridized carbons (Fsp3) is 0.824. The second-order valence-corrected chi connectivity index (χ2v) is 7.55. The summed E-state index contributed by atoms with van der Waals surface area (Å²) in [5, 5.41) is 2.72. The van der Waals surface area contributed by atoms with Crippen LogP contribution in [0.3, 0.4) is 0 Å². The van der Waals surface area contributed by atoms with Crippen molar-refractivity contribution in [1.29, 1.82) is 0 Å². The summed E-state index contributed by atoms with van der Waals surface area (Å²) < 4.78 is 5.25. The molecule has 1 rings (SSSR count). The van der Waals surface area contributed by atoms with Crippen LogP contribution < -0.4 is 11.1 Å². The molecule has 3 amide bonds. The van der Waals surface area contributed by atoms with E-state index in [4.69, 9.17) is 10.5 Å². The molecule has 0 unspecified atom stereocenters. The van der Waals surface area contributed by atoms with Crippen molar-refractivity contribution < 1.29 is 19.1 Å². The van der Waals surface area contributed by atoms with Crippen molar-refractivity contribution in [2.75, 3.05) is 7.05 Å². The van der Waals surface area contributed by atoms with E-state index in [-0.39, 0.29) is 5.92 Å². The van der Waals surface area contributed by atoms with E-state index < -0.39 is 35.6 Å². The molecule has 24 heavy (non-hydrogen) atoms.